The predicted octanol–water partition coefficient (Wildman–Crippen LogP) is 6.52. The zero-order valence-electron chi connectivity index (χ0n) is 22.4. The molecule has 2 aromatic heterocycles. The quantitative estimate of drug-likeness (QED) is 0.229. The Morgan fingerprint density at radius 2 is 1.66 bits per heavy atom. The monoisotopic (exact) mass is 570 g/mol. The summed E-state index contributed by atoms with van der Waals surface area (Å²) in [6, 6.07) is 11.8. The molecule has 0 unspecified atom stereocenters. The number of alkyl halides is 3. The van der Waals surface area contributed by atoms with E-state index in [2.05, 4.69) is 26.0 Å². The van der Waals surface area contributed by atoms with E-state index < -0.39 is 40.6 Å². The van der Waals surface area contributed by atoms with E-state index in [4.69, 9.17) is 4.74 Å². The minimum Gasteiger partial charge on any atom is -0.457 e. The van der Waals surface area contributed by atoms with Gasteiger partial charge in [-0.05, 0) is 42.5 Å². The minimum absolute atomic E-state index is 0.0168. The molecule has 4 rings (SSSR count). The van der Waals surface area contributed by atoms with Crippen LogP contribution in [0.3, 0.4) is 0 Å². The number of hydrogen-bond donors (Lipinski definition) is 3. The van der Waals surface area contributed by atoms with Gasteiger partial charge in [0.25, 0.3) is 5.91 Å². The number of amides is 3. The summed E-state index contributed by atoms with van der Waals surface area (Å²) in [4.78, 5) is 28.6. The summed E-state index contributed by atoms with van der Waals surface area (Å²) in [5.41, 5.74) is -1.26. The highest BCUT2D eigenvalue weighted by Gasteiger charge is 2.35. The minimum atomic E-state index is -4.85. The van der Waals surface area contributed by atoms with Gasteiger partial charge in [0.05, 0.1) is 22.6 Å². The standard InChI is InChI=1S/C28H26F4N6O3/c1-27(2,3)23-15-24(38(37-23)17-7-5-6-16(29)12-17)36-26(40)35-21-9-8-18(13-20(21)28(30,31)32)41-19-10-11-34-22(14-19)25(39)33-4/h5-15H,1-4H3,(H,33,39)(H2,35,36,40). The van der Waals surface area contributed by atoms with Gasteiger partial charge >= 0.3 is 12.2 Å². The van der Waals surface area contributed by atoms with E-state index in [1.807, 2.05) is 20.8 Å². The molecule has 0 saturated carbocycles. The Morgan fingerprint density at radius 3 is 2.32 bits per heavy atom. The van der Waals surface area contributed by atoms with Gasteiger partial charge in [-0.1, -0.05) is 26.8 Å². The molecule has 0 aliphatic heterocycles. The summed E-state index contributed by atoms with van der Waals surface area (Å²) in [5, 5.41) is 11.6. The number of nitrogens with zero attached hydrogens (tertiary/aromatic N) is 3. The Bertz CT molecular complexity index is 1590. The summed E-state index contributed by atoms with van der Waals surface area (Å²) in [6.45, 7) is 5.67. The van der Waals surface area contributed by atoms with Crippen molar-refractivity contribution in [2.24, 2.45) is 0 Å². The van der Waals surface area contributed by atoms with Gasteiger partial charge < -0.3 is 15.4 Å². The van der Waals surface area contributed by atoms with Crippen molar-refractivity contribution in [1.82, 2.24) is 20.1 Å². The van der Waals surface area contributed by atoms with Crippen LogP contribution in [0.25, 0.3) is 5.69 Å². The lowest BCUT2D eigenvalue weighted by Crippen LogP contribution is -2.23. The molecular weight excluding hydrogens is 544 g/mol. The SMILES string of the molecule is CNC(=O)c1cc(Oc2ccc(NC(=O)Nc3cc(C(C)(C)C)nn3-c3cccc(F)c3)c(C(F)(F)F)c2)ccn1. The molecule has 214 valence electrons. The molecule has 3 amide bonds. The van der Waals surface area contributed by atoms with E-state index >= 15 is 0 Å². The zero-order chi connectivity index (χ0) is 29.9. The third-order valence-corrected chi connectivity index (χ3v) is 5.74. The number of nitrogens with one attached hydrogen (secondary N) is 3. The highest BCUT2D eigenvalue weighted by molar-refractivity contribution is 6.00. The van der Waals surface area contributed by atoms with E-state index in [0.717, 1.165) is 12.1 Å². The van der Waals surface area contributed by atoms with Gasteiger partial charge in [0.15, 0.2) is 0 Å². The second-order valence-electron chi connectivity index (χ2n) is 9.90. The Hall–Kier alpha value is -4.94. The molecule has 9 nitrogen and oxygen atoms in total. The van der Waals surface area contributed by atoms with Gasteiger partial charge in [0, 0.05) is 30.8 Å². The molecule has 41 heavy (non-hydrogen) atoms. The fourth-order valence-corrected chi connectivity index (χ4v) is 3.70. The molecule has 0 spiro atoms. The molecule has 0 saturated heterocycles. The number of benzene rings is 2. The second kappa shape index (κ2) is 11.3. The number of anilines is 2. The molecule has 2 aromatic carbocycles. The van der Waals surface area contributed by atoms with E-state index in [0.29, 0.717) is 11.4 Å². The maximum absolute atomic E-state index is 14.0. The molecule has 2 heterocycles. The van der Waals surface area contributed by atoms with Crippen LogP contribution >= 0.6 is 0 Å². The number of urea groups is 1. The maximum Gasteiger partial charge on any atom is 0.418 e. The van der Waals surface area contributed by atoms with Crippen molar-refractivity contribution in [1.29, 1.82) is 0 Å². The highest BCUT2D eigenvalue weighted by atomic mass is 19.4. The normalized spacial score (nSPS) is 11.6. The lowest BCUT2D eigenvalue weighted by molar-refractivity contribution is -0.137. The van der Waals surface area contributed by atoms with Gasteiger partial charge in [-0.3, -0.25) is 15.1 Å². The molecule has 4 aromatic rings. The van der Waals surface area contributed by atoms with E-state index in [1.54, 1.807) is 12.1 Å². The summed E-state index contributed by atoms with van der Waals surface area (Å²) in [6.07, 6.45) is -3.57. The number of carbonyl (C=O) groups is 2. The Kier molecular flexibility index (Phi) is 7.99. The van der Waals surface area contributed by atoms with Crippen molar-refractivity contribution in [3.05, 3.63) is 89.6 Å². The number of carbonyl (C=O) groups excluding carboxylic acids is 2. The summed E-state index contributed by atoms with van der Waals surface area (Å²) >= 11 is 0. The maximum atomic E-state index is 14.0. The number of hydrogen-bond acceptors (Lipinski definition) is 5. The van der Waals surface area contributed by atoms with E-state index in [1.165, 1.54) is 54.3 Å². The van der Waals surface area contributed by atoms with Crippen LogP contribution in [0, 0.1) is 5.82 Å². The molecule has 0 radical (unpaired) electrons. The molecule has 0 atom stereocenters. The van der Waals surface area contributed by atoms with E-state index in [-0.39, 0.29) is 23.0 Å². The molecule has 13 heteroatoms. The van der Waals surface area contributed by atoms with Crippen LogP contribution in [0.15, 0.2) is 66.9 Å². The topological polar surface area (TPSA) is 110 Å². The summed E-state index contributed by atoms with van der Waals surface area (Å²) in [5.74, 6) is -0.997. The number of halogens is 4. The van der Waals surface area contributed by atoms with Gasteiger partial charge in [0.2, 0.25) is 0 Å². The third kappa shape index (κ3) is 6.99. The van der Waals surface area contributed by atoms with Gasteiger partial charge in [0.1, 0.15) is 28.8 Å². The first-order valence-electron chi connectivity index (χ1n) is 12.3. The van der Waals surface area contributed by atoms with Crippen LogP contribution in [0.5, 0.6) is 11.5 Å². The predicted molar refractivity (Wildman–Crippen MR) is 144 cm³/mol. The van der Waals surface area contributed by atoms with Crippen molar-refractivity contribution >= 4 is 23.4 Å². The Labute approximate surface area is 232 Å². The Morgan fingerprint density at radius 1 is 0.927 bits per heavy atom. The van der Waals surface area contributed by atoms with Gasteiger partial charge in [-0.2, -0.15) is 18.3 Å². The average Bonchev–Trinajstić information content (AvgIpc) is 3.33. The largest absolute Gasteiger partial charge is 0.457 e. The Balaban J connectivity index is 1.60. The zero-order valence-corrected chi connectivity index (χ0v) is 22.4. The third-order valence-electron chi connectivity index (χ3n) is 5.74. The molecule has 0 aliphatic rings. The summed E-state index contributed by atoms with van der Waals surface area (Å²) < 4.78 is 62.7. The fraction of sp³-hybridized carbons (Fsp3) is 0.214. The van der Waals surface area contributed by atoms with Crippen LogP contribution in [0.4, 0.5) is 33.9 Å². The molecule has 0 aliphatic carbocycles. The van der Waals surface area contributed by atoms with Crippen molar-refractivity contribution in [3.8, 4) is 17.2 Å². The molecule has 0 fully saturated rings. The first-order chi connectivity index (χ1) is 19.2. The van der Waals surface area contributed by atoms with Gasteiger partial charge in [-0.25, -0.2) is 13.9 Å². The van der Waals surface area contributed by atoms with Crippen molar-refractivity contribution in [3.63, 3.8) is 0 Å². The van der Waals surface area contributed by atoms with Crippen molar-refractivity contribution < 1.29 is 31.9 Å². The van der Waals surface area contributed by atoms with Crippen LogP contribution < -0.4 is 20.7 Å². The first-order valence-corrected chi connectivity index (χ1v) is 12.3. The first kappa shape index (κ1) is 29.1. The number of aromatic nitrogens is 3. The lowest BCUT2D eigenvalue weighted by atomic mass is 9.92. The van der Waals surface area contributed by atoms with Crippen LogP contribution in [0.2, 0.25) is 0 Å². The molecular formula is C28H26F4N6O3. The van der Waals surface area contributed by atoms with Crippen LogP contribution in [0.1, 0.15) is 42.5 Å². The molecule has 0 bridgehead atoms. The van der Waals surface area contributed by atoms with Gasteiger partial charge in [-0.15, -0.1) is 0 Å². The van der Waals surface area contributed by atoms with Crippen molar-refractivity contribution in [2.45, 2.75) is 32.4 Å². The molecule has 3 N–H and O–H groups in total. The average molecular weight is 571 g/mol. The second-order valence-corrected chi connectivity index (χ2v) is 9.90. The number of ether oxygens (including phenoxy) is 1. The fourth-order valence-electron chi connectivity index (χ4n) is 3.70. The smallest absolute Gasteiger partial charge is 0.418 e. The van der Waals surface area contributed by atoms with Crippen LogP contribution in [-0.4, -0.2) is 33.8 Å². The highest BCUT2D eigenvalue weighted by Crippen LogP contribution is 2.38. The van der Waals surface area contributed by atoms with Crippen molar-refractivity contribution in [2.75, 3.05) is 17.7 Å². The van der Waals surface area contributed by atoms with Crippen LogP contribution in [-0.2, 0) is 11.6 Å². The number of pyridine rings is 1. The summed E-state index contributed by atoms with van der Waals surface area (Å²) in [7, 11) is 1.41. The van der Waals surface area contributed by atoms with E-state index in [9.17, 15) is 27.2 Å². The lowest BCUT2D eigenvalue weighted by Gasteiger charge is -2.16. The number of rotatable bonds is 6.